The van der Waals surface area contributed by atoms with Crippen molar-refractivity contribution < 1.29 is 4.79 Å². The van der Waals surface area contributed by atoms with Crippen molar-refractivity contribution in [2.24, 2.45) is 0 Å². The van der Waals surface area contributed by atoms with E-state index < -0.39 is 0 Å². The zero-order valence-corrected chi connectivity index (χ0v) is 13.4. The lowest BCUT2D eigenvalue weighted by Crippen LogP contribution is -2.26. The molecular weight excluding hydrogens is 266 g/mol. The fourth-order valence-electron chi connectivity index (χ4n) is 3.11. The van der Waals surface area contributed by atoms with Gasteiger partial charge in [0.2, 0.25) is 5.91 Å². The fraction of sp³-hybridized carbons (Fsp3) is 0.750. The summed E-state index contributed by atoms with van der Waals surface area (Å²) in [7, 11) is 0. The Balaban J connectivity index is 2.11. The molecule has 2 rings (SSSR count). The van der Waals surface area contributed by atoms with Crippen LogP contribution < -0.4 is 10.9 Å². The number of unbranched alkanes of at least 4 members (excludes halogenated alkanes) is 4. The van der Waals surface area contributed by atoms with Crippen LogP contribution in [-0.4, -0.2) is 15.7 Å². The average Bonchev–Trinajstić information content (AvgIpc) is 2.75. The lowest BCUT2D eigenvalue weighted by Gasteiger charge is -2.23. The number of aromatic amines is 1. The summed E-state index contributed by atoms with van der Waals surface area (Å²) in [5, 5.41) is 5.73. The molecule has 0 saturated carbocycles. The minimum atomic E-state index is -0.0442. The monoisotopic (exact) mass is 293 g/mol. The smallest absolute Gasteiger partial charge is 0.269 e. The topological polar surface area (TPSA) is 66.9 Å². The van der Waals surface area contributed by atoms with Crippen LogP contribution in [0.5, 0.6) is 0 Å². The molecule has 1 aliphatic heterocycles. The Kier molecular flexibility index (Phi) is 5.26. The van der Waals surface area contributed by atoms with Crippen LogP contribution in [0, 0.1) is 0 Å². The van der Waals surface area contributed by atoms with E-state index >= 15 is 0 Å². The number of aromatic nitrogens is 2. The Morgan fingerprint density at radius 2 is 1.90 bits per heavy atom. The standard InChI is InChI=1S/C16H27N3O2/c1-4-5-6-7-8-9-12-10-13(20)17-15-14(12)16(21)18-19(15)11(2)3/h11-12H,4-10H2,1-3H3,(H,17,20)(H,18,21)/t12-/m0/s1. The Hall–Kier alpha value is -1.52. The third-order valence-corrected chi connectivity index (χ3v) is 4.23. The van der Waals surface area contributed by atoms with Gasteiger partial charge in [0, 0.05) is 18.4 Å². The number of rotatable bonds is 7. The Morgan fingerprint density at radius 3 is 2.57 bits per heavy atom. The number of carbonyl (C=O) groups excluding carboxylic acids is 1. The van der Waals surface area contributed by atoms with E-state index in [0.29, 0.717) is 12.2 Å². The summed E-state index contributed by atoms with van der Waals surface area (Å²) in [5.74, 6) is 0.776. The first-order valence-electron chi connectivity index (χ1n) is 8.18. The third kappa shape index (κ3) is 3.57. The molecule has 0 unspecified atom stereocenters. The number of amides is 1. The van der Waals surface area contributed by atoms with Crippen LogP contribution >= 0.6 is 0 Å². The highest BCUT2D eigenvalue weighted by Crippen LogP contribution is 2.34. The molecule has 2 heterocycles. The van der Waals surface area contributed by atoms with E-state index in [4.69, 9.17) is 0 Å². The van der Waals surface area contributed by atoms with Crippen molar-refractivity contribution >= 4 is 11.7 Å². The molecule has 0 aromatic carbocycles. The van der Waals surface area contributed by atoms with Crippen LogP contribution in [0.4, 0.5) is 5.82 Å². The second kappa shape index (κ2) is 6.96. The maximum Gasteiger partial charge on any atom is 0.269 e. The molecule has 0 aliphatic carbocycles. The molecule has 5 nitrogen and oxygen atoms in total. The first kappa shape index (κ1) is 15.9. The van der Waals surface area contributed by atoms with Crippen molar-refractivity contribution in [3.05, 3.63) is 15.9 Å². The number of carbonyl (C=O) groups is 1. The number of nitrogens with zero attached hydrogens (tertiary/aromatic N) is 1. The fourth-order valence-corrected chi connectivity index (χ4v) is 3.11. The Morgan fingerprint density at radius 1 is 1.19 bits per heavy atom. The second-order valence-electron chi connectivity index (χ2n) is 6.32. The number of fused-ring (bicyclic) bond motifs is 1. The molecule has 21 heavy (non-hydrogen) atoms. The van der Waals surface area contributed by atoms with E-state index in [-0.39, 0.29) is 23.4 Å². The van der Waals surface area contributed by atoms with E-state index in [1.807, 2.05) is 13.8 Å². The minimum Gasteiger partial charge on any atom is -0.311 e. The second-order valence-corrected chi connectivity index (χ2v) is 6.32. The van der Waals surface area contributed by atoms with Crippen molar-refractivity contribution in [1.29, 1.82) is 0 Å². The van der Waals surface area contributed by atoms with Crippen molar-refractivity contribution in [2.45, 2.75) is 77.7 Å². The summed E-state index contributed by atoms with van der Waals surface area (Å²) in [6.45, 7) is 6.19. The molecule has 1 aromatic heterocycles. The number of anilines is 1. The number of hydrogen-bond acceptors (Lipinski definition) is 2. The molecule has 1 atom stereocenters. The predicted molar refractivity (Wildman–Crippen MR) is 84.8 cm³/mol. The first-order valence-corrected chi connectivity index (χ1v) is 8.18. The molecule has 5 heteroatoms. The summed E-state index contributed by atoms with van der Waals surface area (Å²) in [6.07, 6.45) is 7.37. The predicted octanol–water partition coefficient (Wildman–Crippen LogP) is 3.54. The van der Waals surface area contributed by atoms with Crippen LogP contribution in [0.3, 0.4) is 0 Å². The molecule has 0 bridgehead atoms. The highest BCUT2D eigenvalue weighted by molar-refractivity contribution is 5.93. The molecule has 0 radical (unpaired) electrons. The quantitative estimate of drug-likeness (QED) is 0.755. The van der Waals surface area contributed by atoms with Crippen molar-refractivity contribution in [2.75, 3.05) is 5.32 Å². The van der Waals surface area contributed by atoms with Crippen molar-refractivity contribution in [3.63, 3.8) is 0 Å². The summed E-state index contributed by atoms with van der Waals surface area (Å²) in [6, 6.07) is 0.130. The van der Waals surface area contributed by atoms with Gasteiger partial charge < -0.3 is 5.32 Å². The van der Waals surface area contributed by atoms with Gasteiger partial charge in [-0.2, -0.15) is 0 Å². The van der Waals surface area contributed by atoms with Gasteiger partial charge in [-0.1, -0.05) is 39.0 Å². The van der Waals surface area contributed by atoms with Gasteiger partial charge in [-0.15, -0.1) is 0 Å². The summed E-state index contributed by atoms with van der Waals surface area (Å²) in [5.41, 5.74) is 0.732. The number of H-pyrrole nitrogens is 1. The molecule has 118 valence electrons. The highest BCUT2D eigenvalue weighted by Gasteiger charge is 2.31. The maximum atomic E-state index is 12.2. The van der Waals surface area contributed by atoms with E-state index in [9.17, 15) is 9.59 Å². The minimum absolute atomic E-state index is 0.0226. The molecule has 1 aliphatic rings. The largest absolute Gasteiger partial charge is 0.311 e. The van der Waals surface area contributed by atoms with Crippen LogP contribution in [0.25, 0.3) is 0 Å². The van der Waals surface area contributed by atoms with E-state index in [2.05, 4.69) is 17.3 Å². The molecule has 1 aromatic rings. The lowest BCUT2D eigenvalue weighted by atomic mass is 9.89. The Labute approximate surface area is 126 Å². The van der Waals surface area contributed by atoms with Gasteiger partial charge in [-0.25, -0.2) is 0 Å². The Bertz CT molecular complexity index is 542. The van der Waals surface area contributed by atoms with Crippen LogP contribution in [0.1, 0.15) is 83.2 Å². The zero-order chi connectivity index (χ0) is 15.4. The lowest BCUT2D eigenvalue weighted by molar-refractivity contribution is -0.117. The van der Waals surface area contributed by atoms with Gasteiger partial charge in [0.15, 0.2) is 0 Å². The van der Waals surface area contributed by atoms with E-state index in [1.54, 1.807) is 4.68 Å². The van der Waals surface area contributed by atoms with Crippen molar-refractivity contribution in [3.8, 4) is 0 Å². The third-order valence-electron chi connectivity index (χ3n) is 4.23. The summed E-state index contributed by atoms with van der Waals surface area (Å²) in [4.78, 5) is 24.1. The summed E-state index contributed by atoms with van der Waals surface area (Å²) >= 11 is 0. The number of nitrogens with one attached hydrogen (secondary N) is 2. The molecule has 2 N–H and O–H groups in total. The van der Waals surface area contributed by atoms with Crippen LogP contribution in [0.2, 0.25) is 0 Å². The molecule has 0 fully saturated rings. The van der Waals surface area contributed by atoms with Gasteiger partial charge in [0.1, 0.15) is 5.82 Å². The van der Waals surface area contributed by atoms with Crippen LogP contribution in [0.15, 0.2) is 4.79 Å². The van der Waals surface area contributed by atoms with E-state index in [0.717, 1.165) is 18.4 Å². The maximum absolute atomic E-state index is 12.2. The number of hydrogen-bond donors (Lipinski definition) is 2. The highest BCUT2D eigenvalue weighted by atomic mass is 16.2. The normalized spacial score (nSPS) is 17.9. The summed E-state index contributed by atoms with van der Waals surface area (Å²) < 4.78 is 1.78. The van der Waals surface area contributed by atoms with Crippen LogP contribution in [-0.2, 0) is 4.79 Å². The van der Waals surface area contributed by atoms with E-state index in [1.165, 1.54) is 25.7 Å². The first-order chi connectivity index (χ1) is 10.0. The molecular formula is C16H27N3O2. The zero-order valence-electron chi connectivity index (χ0n) is 13.4. The van der Waals surface area contributed by atoms with Gasteiger partial charge in [0.25, 0.3) is 5.56 Å². The molecule has 0 saturated heterocycles. The SMILES string of the molecule is CCCCCCC[C@H]1CC(=O)Nc2c1c(=O)[nH]n2C(C)C. The van der Waals surface area contributed by atoms with Crippen molar-refractivity contribution in [1.82, 2.24) is 9.78 Å². The molecule has 0 spiro atoms. The average molecular weight is 293 g/mol. The van der Waals surface area contributed by atoms with Gasteiger partial charge in [0.05, 0.1) is 5.56 Å². The molecule has 1 amide bonds. The van der Waals surface area contributed by atoms with Gasteiger partial charge in [-0.3, -0.25) is 19.4 Å². The van der Waals surface area contributed by atoms with Gasteiger partial charge in [-0.05, 0) is 20.3 Å². The van der Waals surface area contributed by atoms with Gasteiger partial charge >= 0.3 is 0 Å².